The second kappa shape index (κ2) is 11.7. The molecule has 0 saturated carbocycles. The number of primary amides is 1. The zero-order valence-corrected chi connectivity index (χ0v) is 22.6. The van der Waals surface area contributed by atoms with E-state index in [4.69, 9.17) is 22.1 Å². The first-order chi connectivity index (χ1) is 18.4. The van der Waals surface area contributed by atoms with Crippen molar-refractivity contribution in [1.29, 1.82) is 0 Å². The van der Waals surface area contributed by atoms with Crippen LogP contribution >= 0.6 is 11.6 Å². The number of allylic oxidation sites excluding steroid dienone is 1. The number of ether oxygens (including phenoxy) is 1. The van der Waals surface area contributed by atoms with Crippen LogP contribution in [0.4, 0.5) is 4.39 Å². The summed E-state index contributed by atoms with van der Waals surface area (Å²) < 4.78 is 18.8. The number of alkyl halides is 1. The second-order valence-corrected chi connectivity index (χ2v) is 10.7. The SMILES string of the molecule is Cc1ccc(C2=C(c3ccc(OC4CCN(CCCF)C4)cc3)c3ccc(C(N)=O)cc3CCC2)c(Cl)c1. The highest BCUT2D eigenvalue weighted by Gasteiger charge is 2.25. The molecular weight excluding hydrogens is 499 g/mol. The van der Waals surface area contributed by atoms with Crippen LogP contribution in [-0.4, -0.2) is 43.2 Å². The molecule has 1 unspecified atom stereocenters. The van der Waals surface area contributed by atoms with Crippen LogP contribution in [0.5, 0.6) is 5.75 Å². The summed E-state index contributed by atoms with van der Waals surface area (Å²) in [5.41, 5.74) is 13.9. The lowest BCUT2D eigenvalue weighted by atomic mass is 9.87. The van der Waals surface area contributed by atoms with Gasteiger partial charge in [0.15, 0.2) is 0 Å². The molecule has 3 aromatic carbocycles. The third kappa shape index (κ3) is 5.79. The minimum absolute atomic E-state index is 0.118. The van der Waals surface area contributed by atoms with Gasteiger partial charge >= 0.3 is 0 Å². The Labute approximate surface area is 229 Å². The van der Waals surface area contributed by atoms with Gasteiger partial charge in [-0.25, -0.2) is 0 Å². The highest BCUT2D eigenvalue weighted by atomic mass is 35.5. The van der Waals surface area contributed by atoms with Crippen molar-refractivity contribution in [2.24, 2.45) is 5.73 Å². The third-order valence-electron chi connectivity index (χ3n) is 7.57. The van der Waals surface area contributed by atoms with E-state index in [2.05, 4.69) is 29.2 Å². The molecule has 1 fully saturated rings. The van der Waals surface area contributed by atoms with E-state index in [9.17, 15) is 9.18 Å². The van der Waals surface area contributed by atoms with E-state index in [1.54, 1.807) is 0 Å². The van der Waals surface area contributed by atoms with E-state index in [0.29, 0.717) is 12.0 Å². The topological polar surface area (TPSA) is 55.6 Å². The van der Waals surface area contributed by atoms with Gasteiger partial charge in [0.2, 0.25) is 5.91 Å². The van der Waals surface area contributed by atoms with Gasteiger partial charge in [0.25, 0.3) is 0 Å². The summed E-state index contributed by atoms with van der Waals surface area (Å²) in [6.45, 7) is 4.33. The Morgan fingerprint density at radius 3 is 2.61 bits per heavy atom. The molecule has 2 N–H and O–H groups in total. The fraction of sp³-hybridized carbons (Fsp3) is 0.344. The lowest BCUT2D eigenvalue weighted by molar-refractivity contribution is 0.1000. The number of nitrogens with two attached hydrogens (primary N) is 1. The molecule has 0 spiro atoms. The van der Waals surface area contributed by atoms with Gasteiger partial charge in [0.1, 0.15) is 11.9 Å². The van der Waals surface area contributed by atoms with Gasteiger partial charge in [-0.2, -0.15) is 0 Å². The van der Waals surface area contributed by atoms with Crippen molar-refractivity contribution in [2.45, 2.75) is 45.1 Å². The maximum absolute atomic E-state index is 12.5. The highest BCUT2D eigenvalue weighted by molar-refractivity contribution is 6.32. The maximum Gasteiger partial charge on any atom is 0.248 e. The summed E-state index contributed by atoms with van der Waals surface area (Å²) in [5.74, 6) is 0.417. The molecule has 0 aromatic heterocycles. The Bertz CT molecular complexity index is 1350. The number of fused-ring (bicyclic) bond motifs is 1. The van der Waals surface area contributed by atoms with E-state index in [1.807, 2.05) is 43.3 Å². The number of carbonyl (C=O) groups excluding carboxylic acids is 1. The third-order valence-corrected chi connectivity index (χ3v) is 7.88. The lowest BCUT2D eigenvalue weighted by Gasteiger charge is -2.19. The summed E-state index contributed by atoms with van der Waals surface area (Å²) in [7, 11) is 0. The van der Waals surface area contributed by atoms with E-state index < -0.39 is 5.91 Å². The summed E-state index contributed by atoms with van der Waals surface area (Å²) in [6.07, 6.45) is 4.31. The summed E-state index contributed by atoms with van der Waals surface area (Å²) in [4.78, 5) is 14.2. The number of halogens is 2. The largest absolute Gasteiger partial charge is 0.489 e. The van der Waals surface area contributed by atoms with E-state index in [0.717, 1.165) is 89.5 Å². The number of carbonyl (C=O) groups is 1. The zero-order valence-electron chi connectivity index (χ0n) is 21.8. The number of nitrogens with zero attached hydrogens (tertiary/aromatic N) is 1. The number of benzene rings is 3. The van der Waals surface area contributed by atoms with Gasteiger partial charge in [-0.1, -0.05) is 41.9 Å². The van der Waals surface area contributed by atoms with Crippen molar-refractivity contribution < 1.29 is 13.9 Å². The number of hydrogen-bond acceptors (Lipinski definition) is 3. The molecule has 4 nitrogen and oxygen atoms in total. The number of amides is 1. The van der Waals surface area contributed by atoms with Crippen LogP contribution in [0.15, 0.2) is 60.7 Å². The molecular formula is C32H34ClFN2O2. The summed E-state index contributed by atoms with van der Waals surface area (Å²) in [5, 5.41) is 0.744. The Balaban J connectivity index is 1.51. The van der Waals surface area contributed by atoms with Gasteiger partial charge in [-0.3, -0.25) is 14.1 Å². The van der Waals surface area contributed by atoms with Crippen LogP contribution in [0.3, 0.4) is 0 Å². The Morgan fingerprint density at radius 2 is 1.87 bits per heavy atom. The van der Waals surface area contributed by atoms with Crippen LogP contribution < -0.4 is 10.5 Å². The maximum atomic E-state index is 12.5. The minimum Gasteiger partial charge on any atom is -0.489 e. The fourth-order valence-corrected chi connectivity index (χ4v) is 6.03. The molecule has 1 heterocycles. The minimum atomic E-state index is -0.416. The van der Waals surface area contributed by atoms with Gasteiger partial charge in [-0.05, 0) is 108 Å². The van der Waals surface area contributed by atoms with Gasteiger partial charge in [0.05, 0.1) is 6.67 Å². The summed E-state index contributed by atoms with van der Waals surface area (Å²) >= 11 is 6.79. The standard InChI is InChI=1S/C32H34ClFN2O2/c1-21-6-12-28(30(33)18-21)29-5-2-4-23-19-24(32(35)37)9-13-27(23)31(29)22-7-10-25(11-8-22)38-26-14-17-36(20-26)16-3-15-34/h6-13,18-19,26H,2-5,14-17,20H2,1H3,(H2,35,37). The molecule has 1 saturated heterocycles. The molecule has 1 amide bonds. The molecule has 38 heavy (non-hydrogen) atoms. The monoisotopic (exact) mass is 532 g/mol. The van der Waals surface area contributed by atoms with Crippen LogP contribution in [-0.2, 0) is 6.42 Å². The molecule has 2 aliphatic rings. The van der Waals surface area contributed by atoms with Crippen molar-refractivity contribution in [3.63, 3.8) is 0 Å². The Morgan fingerprint density at radius 1 is 1.08 bits per heavy atom. The first-order valence-electron chi connectivity index (χ1n) is 13.4. The highest BCUT2D eigenvalue weighted by Crippen LogP contribution is 2.42. The molecule has 1 atom stereocenters. The molecule has 5 rings (SSSR count). The van der Waals surface area contributed by atoms with E-state index in [-0.39, 0.29) is 12.8 Å². The second-order valence-electron chi connectivity index (χ2n) is 10.3. The fourth-order valence-electron chi connectivity index (χ4n) is 5.68. The van der Waals surface area contributed by atoms with Crippen molar-refractivity contribution in [3.05, 3.63) is 99.1 Å². The zero-order chi connectivity index (χ0) is 26.6. The van der Waals surface area contributed by atoms with Gasteiger partial charge in [-0.15, -0.1) is 0 Å². The molecule has 1 aliphatic carbocycles. The van der Waals surface area contributed by atoms with E-state index in [1.165, 1.54) is 5.57 Å². The molecule has 6 heteroatoms. The van der Waals surface area contributed by atoms with Gasteiger partial charge < -0.3 is 10.5 Å². The molecule has 0 radical (unpaired) electrons. The molecule has 1 aliphatic heterocycles. The van der Waals surface area contributed by atoms with Crippen LogP contribution in [0.2, 0.25) is 5.02 Å². The van der Waals surface area contributed by atoms with Crippen LogP contribution in [0, 0.1) is 6.92 Å². The Hall–Kier alpha value is -3.15. The quantitative estimate of drug-likeness (QED) is 0.345. The number of aryl methyl sites for hydroxylation is 2. The number of likely N-dealkylation sites (tertiary alicyclic amines) is 1. The predicted octanol–water partition coefficient (Wildman–Crippen LogP) is 6.86. The van der Waals surface area contributed by atoms with Crippen molar-refractivity contribution >= 4 is 28.7 Å². The van der Waals surface area contributed by atoms with Crippen molar-refractivity contribution in [1.82, 2.24) is 4.90 Å². The molecule has 198 valence electrons. The lowest BCUT2D eigenvalue weighted by Crippen LogP contribution is -2.26. The number of rotatable bonds is 8. The van der Waals surface area contributed by atoms with Crippen molar-refractivity contribution in [2.75, 3.05) is 26.3 Å². The average Bonchev–Trinajstić information content (AvgIpc) is 3.26. The van der Waals surface area contributed by atoms with Crippen molar-refractivity contribution in [3.8, 4) is 5.75 Å². The smallest absolute Gasteiger partial charge is 0.248 e. The molecule has 0 bridgehead atoms. The van der Waals surface area contributed by atoms with Gasteiger partial charge in [0, 0.05) is 30.2 Å². The normalized spacial score (nSPS) is 17.8. The average molecular weight is 533 g/mol. The first-order valence-corrected chi connectivity index (χ1v) is 13.8. The van der Waals surface area contributed by atoms with Crippen LogP contribution in [0.1, 0.15) is 63.9 Å². The Kier molecular flexibility index (Phi) is 8.15. The first kappa shape index (κ1) is 26.5. The number of hydrogen-bond donors (Lipinski definition) is 1. The van der Waals surface area contributed by atoms with E-state index >= 15 is 0 Å². The summed E-state index contributed by atoms with van der Waals surface area (Å²) in [6, 6.07) is 20.3. The molecule has 3 aromatic rings. The van der Waals surface area contributed by atoms with Crippen LogP contribution in [0.25, 0.3) is 11.1 Å². The predicted molar refractivity (Wildman–Crippen MR) is 153 cm³/mol.